The Hall–Kier alpha value is -2.34. The van der Waals surface area contributed by atoms with Gasteiger partial charge in [0.15, 0.2) is 11.4 Å². The number of aliphatic hydroxyl groups excluding tert-OH is 1. The summed E-state index contributed by atoms with van der Waals surface area (Å²) in [5, 5.41) is 26.0. The minimum absolute atomic E-state index is 0.0699. The van der Waals surface area contributed by atoms with E-state index in [-0.39, 0.29) is 18.1 Å². The lowest BCUT2D eigenvalue weighted by molar-refractivity contribution is 0.0861. The minimum Gasteiger partial charge on any atom is -0.504 e. The second-order valence-electron chi connectivity index (χ2n) is 6.55. The van der Waals surface area contributed by atoms with Gasteiger partial charge >= 0.3 is 0 Å². The van der Waals surface area contributed by atoms with Crippen molar-refractivity contribution in [2.75, 3.05) is 6.61 Å². The van der Waals surface area contributed by atoms with Gasteiger partial charge in [-0.05, 0) is 37.5 Å². The number of aromatic nitrogens is 2. The molecule has 0 aliphatic heterocycles. The number of hydrogen-bond acceptors (Lipinski definition) is 4. The van der Waals surface area contributed by atoms with Gasteiger partial charge in [-0.25, -0.2) is 4.68 Å². The zero-order valence-corrected chi connectivity index (χ0v) is 13.9. The molecular formula is C17H23N3O3. The van der Waals surface area contributed by atoms with Crippen molar-refractivity contribution in [3.63, 3.8) is 0 Å². The molecule has 0 aliphatic rings. The Kier molecular flexibility index (Phi) is 4.75. The van der Waals surface area contributed by atoms with E-state index >= 15 is 0 Å². The van der Waals surface area contributed by atoms with Gasteiger partial charge in [0, 0.05) is 0 Å². The van der Waals surface area contributed by atoms with E-state index in [9.17, 15) is 15.0 Å². The fraction of sp³-hybridized carbons (Fsp3) is 0.412. The first-order valence-electron chi connectivity index (χ1n) is 7.56. The number of nitrogens with one attached hydrogen (secondary N) is 1. The lowest BCUT2D eigenvalue weighted by Gasteiger charge is -2.22. The van der Waals surface area contributed by atoms with Crippen LogP contribution >= 0.6 is 0 Å². The number of hydrogen-bond donors (Lipinski definition) is 3. The van der Waals surface area contributed by atoms with Crippen molar-refractivity contribution in [3.8, 4) is 11.4 Å². The fourth-order valence-corrected chi connectivity index (χ4v) is 2.08. The van der Waals surface area contributed by atoms with Crippen molar-refractivity contribution in [3.05, 3.63) is 41.7 Å². The average Bonchev–Trinajstić information content (AvgIpc) is 2.89. The SMILES string of the molecule is CC(C)c1ccc(-n2cc(O)c(C(=O)NC(C)(C)CO)n2)cc1. The molecular weight excluding hydrogens is 294 g/mol. The van der Waals surface area contributed by atoms with Crippen LogP contribution < -0.4 is 5.32 Å². The van der Waals surface area contributed by atoms with Crippen LogP contribution in [0, 0.1) is 0 Å². The van der Waals surface area contributed by atoms with E-state index in [1.54, 1.807) is 13.8 Å². The molecule has 0 aliphatic carbocycles. The molecule has 0 atom stereocenters. The Morgan fingerprint density at radius 2 is 1.91 bits per heavy atom. The van der Waals surface area contributed by atoms with E-state index in [0.29, 0.717) is 5.92 Å². The van der Waals surface area contributed by atoms with Crippen LogP contribution in [0.2, 0.25) is 0 Å². The predicted molar refractivity (Wildman–Crippen MR) is 87.9 cm³/mol. The molecule has 2 rings (SSSR count). The van der Waals surface area contributed by atoms with E-state index < -0.39 is 11.4 Å². The van der Waals surface area contributed by atoms with E-state index in [1.165, 1.54) is 16.4 Å². The summed E-state index contributed by atoms with van der Waals surface area (Å²) < 4.78 is 1.46. The number of amides is 1. The highest BCUT2D eigenvalue weighted by Gasteiger charge is 2.24. The maximum absolute atomic E-state index is 12.2. The quantitative estimate of drug-likeness (QED) is 0.789. The molecule has 0 spiro atoms. The van der Waals surface area contributed by atoms with Gasteiger partial charge in [0.25, 0.3) is 5.91 Å². The smallest absolute Gasteiger partial charge is 0.276 e. The lowest BCUT2D eigenvalue weighted by atomic mass is 10.0. The van der Waals surface area contributed by atoms with Crippen LogP contribution in [0.4, 0.5) is 0 Å². The van der Waals surface area contributed by atoms with Crippen molar-refractivity contribution < 1.29 is 15.0 Å². The van der Waals surface area contributed by atoms with Gasteiger partial charge in [-0.15, -0.1) is 0 Å². The summed E-state index contributed by atoms with van der Waals surface area (Å²) in [6.45, 7) is 7.38. The van der Waals surface area contributed by atoms with Crippen LogP contribution in [-0.4, -0.2) is 38.0 Å². The van der Waals surface area contributed by atoms with E-state index in [1.807, 2.05) is 24.3 Å². The van der Waals surface area contributed by atoms with Gasteiger partial charge in [0.05, 0.1) is 24.0 Å². The van der Waals surface area contributed by atoms with Crippen LogP contribution in [0.15, 0.2) is 30.5 Å². The van der Waals surface area contributed by atoms with Gasteiger partial charge in [0.1, 0.15) is 0 Å². The molecule has 1 aromatic carbocycles. The van der Waals surface area contributed by atoms with E-state index in [0.717, 1.165) is 5.69 Å². The Labute approximate surface area is 135 Å². The minimum atomic E-state index is -0.785. The summed E-state index contributed by atoms with van der Waals surface area (Å²) >= 11 is 0. The maximum Gasteiger partial charge on any atom is 0.276 e. The maximum atomic E-state index is 12.2. The molecule has 0 radical (unpaired) electrons. The second kappa shape index (κ2) is 6.42. The van der Waals surface area contributed by atoms with Gasteiger partial charge in [-0.1, -0.05) is 26.0 Å². The lowest BCUT2D eigenvalue weighted by Crippen LogP contribution is -2.46. The first-order valence-corrected chi connectivity index (χ1v) is 7.56. The Morgan fingerprint density at radius 3 is 2.43 bits per heavy atom. The number of carbonyl (C=O) groups excluding carboxylic acids is 1. The summed E-state index contributed by atoms with van der Waals surface area (Å²) in [6.07, 6.45) is 1.39. The molecule has 1 aromatic heterocycles. The fourth-order valence-electron chi connectivity index (χ4n) is 2.08. The zero-order valence-electron chi connectivity index (χ0n) is 13.9. The summed E-state index contributed by atoms with van der Waals surface area (Å²) in [6, 6.07) is 7.77. The third kappa shape index (κ3) is 3.90. The number of carbonyl (C=O) groups is 1. The number of aliphatic hydroxyl groups is 1. The first kappa shape index (κ1) is 17.0. The highest BCUT2D eigenvalue weighted by Crippen LogP contribution is 2.21. The first-order chi connectivity index (χ1) is 10.7. The van der Waals surface area contributed by atoms with Crippen molar-refractivity contribution >= 4 is 5.91 Å². The average molecular weight is 317 g/mol. The van der Waals surface area contributed by atoms with Gasteiger partial charge < -0.3 is 15.5 Å². The molecule has 1 heterocycles. The van der Waals surface area contributed by atoms with Crippen LogP contribution in [0.3, 0.4) is 0 Å². The monoisotopic (exact) mass is 317 g/mol. The molecule has 3 N–H and O–H groups in total. The predicted octanol–water partition coefficient (Wildman–Crippen LogP) is 2.20. The number of aromatic hydroxyl groups is 1. The van der Waals surface area contributed by atoms with Crippen molar-refractivity contribution in [1.29, 1.82) is 0 Å². The molecule has 6 nitrogen and oxygen atoms in total. The topological polar surface area (TPSA) is 87.4 Å². The molecule has 0 bridgehead atoms. The van der Waals surface area contributed by atoms with Crippen LogP contribution in [0.5, 0.6) is 5.75 Å². The number of rotatable bonds is 5. The number of nitrogens with zero attached hydrogens (tertiary/aromatic N) is 2. The molecule has 0 unspecified atom stereocenters. The van der Waals surface area contributed by atoms with Crippen LogP contribution in [-0.2, 0) is 0 Å². The van der Waals surface area contributed by atoms with Crippen molar-refractivity contribution in [2.24, 2.45) is 0 Å². The third-order valence-electron chi connectivity index (χ3n) is 3.58. The van der Waals surface area contributed by atoms with Gasteiger partial charge in [-0.2, -0.15) is 5.10 Å². The van der Waals surface area contributed by atoms with Crippen molar-refractivity contribution in [2.45, 2.75) is 39.2 Å². The zero-order chi connectivity index (χ0) is 17.2. The van der Waals surface area contributed by atoms with E-state index in [2.05, 4.69) is 24.3 Å². The van der Waals surface area contributed by atoms with Gasteiger partial charge in [0.2, 0.25) is 0 Å². The van der Waals surface area contributed by atoms with Crippen LogP contribution in [0.25, 0.3) is 5.69 Å². The second-order valence-corrected chi connectivity index (χ2v) is 6.55. The Morgan fingerprint density at radius 1 is 1.30 bits per heavy atom. The summed E-state index contributed by atoms with van der Waals surface area (Å²) in [7, 11) is 0. The van der Waals surface area contributed by atoms with Crippen LogP contribution in [0.1, 0.15) is 49.7 Å². The number of benzene rings is 1. The summed E-state index contributed by atoms with van der Waals surface area (Å²) in [5.41, 5.74) is 1.10. The van der Waals surface area contributed by atoms with Gasteiger partial charge in [-0.3, -0.25) is 4.79 Å². The molecule has 1 amide bonds. The molecule has 124 valence electrons. The third-order valence-corrected chi connectivity index (χ3v) is 3.58. The molecule has 6 heteroatoms. The Balaban J connectivity index is 2.25. The highest BCUT2D eigenvalue weighted by atomic mass is 16.3. The standard InChI is InChI=1S/C17H23N3O3/c1-11(2)12-5-7-13(8-6-12)20-9-14(22)15(19-20)16(23)18-17(3,4)10-21/h5-9,11,21-22H,10H2,1-4H3,(H,18,23). The molecule has 0 saturated carbocycles. The summed E-state index contributed by atoms with van der Waals surface area (Å²) in [5.74, 6) is -0.305. The van der Waals surface area contributed by atoms with E-state index in [4.69, 9.17) is 0 Å². The normalized spacial score (nSPS) is 11.7. The molecule has 0 saturated heterocycles. The summed E-state index contributed by atoms with van der Waals surface area (Å²) in [4.78, 5) is 12.2. The largest absolute Gasteiger partial charge is 0.504 e. The molecule has 2 aromatic rings. The highest BCUT2D eigenvalue weighted by molar-refractivity contribution is 5.95. The van der Waals surface area contributed by atoms with Crippen molar-refractivity contribution in [1.82, 2.24) is 15.1 Å². The Bertz CT molecular complexity index is 688. The molecule has 23 heavy (non-hydrogen) atoms. The molecule has 0 fully saturated rings.